The maximum Gasteiger partial charge on any atom is 0.354 e. The van der Waals surface area contributed by atoms with Crippen LogP contribution in [0.3, 0.4) is 0 Å². The lowest BCUT2D eigenvalue weighted by Gasteiger charge is -2.22. The summed E-state index contributed by atoms with van der Waals surface area (Å²) in [5, 5.41) is 21.0. The number of anilines is 1. The van der Waals surface area contributed by atoms with Gasteiger partial charge >= 0.3 is 5.97 Å². The van der Waals surface area contributed by atoms with E-state index in [0.717, 1.165) is 11.3 Å². The molecule has 2 aromatic carbocycles. The van der Waals surface area contributed by atoms with E-state index in [-0.39, 0.29) is 24.0 Å². The molecule has 0 aliphatic carbocycles. The Hall–Kier alpha value is -4.66. The lowest BCUT2D eigenvalue weighted by Crippen LogP contribution is -2.36. The SMILES string of the molecule is CCN(C)C(=O)CN(C)c1ccc(N=C(c2ccccc2)c2c(O)n(C)c3nc(C(=O)O)ccc23)cc1. The standard InChI is InChI=1S/C28H29N5O4/c1-5-31(2)23(34)17-32(3)20-13-11-19(12-14-20)29-25(18-9-7-6-8-10-18)24-21-15-16-22(28(36)37)30-26(21)33(4)27(24)35/h6-16,35H,5,17H2,1-4H3,(H,36,37). The third kappa shape index (κ3) is 5.16. The van der Waals surface area contributed by atoms with E-state index in [2.05, 4.69) is 4.98 Å². The van der Waals surface area contributed by atoms with E-state index in [1.54, 1.807) is 25.1 Å². The number of carbonyl (C=O) groups excluding carboxylic acids is 1. The van der Waals surface area contributed by atoms with Crippen molar-refractivity contribution in [3.05, 3.63) is 83.6 Å². The number of fused-ring (bicyclic) bond motifs is 1. The van der Waals surface area contributed by atoms with Gasteiger partial charge in [0.2, 0.25) is 11.8 Å². The average molecular weight is 500 g/mol. The molecule has 0 fully saturated rings. The van der Waals surface area contributed by atoms with Crippen molar-refractivity contribution < 1.29 is 19.8 Å². The average Bonchev–Trinajstić information content (AvgIpc) is 3.16. The first-order valence-corrected chi connectivity index (χ1v) is 11.8. The molecule has 0 saturated carbocycles. The zero-order chi connectivity index (χ0) is 26.7. The lowest BCUT2D eigenvalue weighted by atomic mass is 10.0. The Morgan fingerprint density at radius 2 is 1.68 bits per heavy atom. The monoisotopic (exact) mass is 499 g/mol. The Bertz CT molecular complexity index is 1480. The molecule has 9 nitrogen and oxygen atoms in total. The number of hydrogen-bond donors (Lipinski definition) is 2. The second-order valence-electron chi connectivity index (χ2n) is 8.74. The van der Waals surface area contributed by atoms with Crippen molar-refractivity contribution >= 4 is 40.0 Å². The number of aliphatic imine (C=N–C) groups is 1. The first-order valence-electron chi connectivity index (χ1n) is 11.8. The summed E-state index contributed by atoms with van der Waals surface area (Å²) >= 11 is 0. The second-order valence-corrected chi connectivity index (χ2v) is 8.74. The summed E-state index contributed by atoms with van der Waals surface area (Å²) in [4.78, 5) is 36.4. The smallest absolute Gasteiger partial charge is 0.354 e. The molecule has 0 bridgehead atoms. The highest BCUT2D eigenvalue weighted by Gasteiger charge is 2.23. The van der Waals surface area contributed by atoms with Gasteiger partial charge in [-0.05, 0) is 43.3 Å². The summed E-state index contributed by atoms with van der Waals surface area (Å²) in [5.74, 6) is -1.18. The fourth-order valence-corrected chi connectivity index (χ4v) is 4.00. The highest BCUT2D eigenvalue weighted by molar-refractivity contribution is 6.21. The van der Waals surface area contributed by atoms with E-state index in [0.29, 0.717) is 34.5 Å². The summed E-state index contributed by atoms with van der Waals surface area (Å²) in [6, 6.07) is 20.0. The predicted molar refractivity (Wildman–Crippen MR) is 144 cm³/mol. The van der Waals surface area contributed by atoms with E-state index in [9.17, 15) is 19.8 Å². The molecule has 0 saturated heterocycles. The zero-order valence-corrected chi connectivity index (χ0v) is 21.2. The Kier molecular flexibility index (Phi) is 7.24. The van der Waals surface area contributed by atoms with Crippen LogP contribution in [0.2, 0.25) is 0 Å². The maximum atomic E-state index is 12.3. The van der Waals surface area contributed by atoms with Crippen LogP contribution in [0.15, 0.2) is 71.7 Å². The number of aromatic carboxylic acids is 1. The summed E-state index contributed by atoms with van der Waals surface area (Å²) in [5.41, 5.74) is 3.52. The van der Waals surface area contributed by atoms with Crippen LogP contribution in [0, 0.1) is 0 Å². The summed E-state index contributed by atoms with van der Waals surface area (Å²) in [6.45, 7) is 2.85. The molecule has 0 aliphatic heterocycles. The second kappa shape index (κ2) is 10.5. The topological polar surface area (TPSA) is 111 Å². The van der Waals surface area contributed by atoms with Gasteiger partial charge in [0.25, 0.3) is 0 Å². The molecule has 0 spiro atoms. The van der Waals surface area contributed by atoms with Crippen molar-refractivity contribution in [2.24, 2.45) is 12.0 Å². The number of aromatic nitrogens is 2. The van der Waals surface area contributed by atoms with Gasteiger partial charge < -0.3 is 20.0 Å². The Balaban J connectivity index is 1.77. The van der Waals surface area contributed by atoms with Gasteiger partial charge in [0, 0.05) is 44.3 Å². The number of carboxylic acids is 1. The minimum absolute atomic E-state index is 0.0320. The third-order valence-electron chi connectivity index (χ3n) is 6.31. The summed E-state index contributed by atoms with van der Waals surface area (Å²) in [7, 11) is 5.27. The van der Waals surface area contributed by atoms with Gasteiger partial charge in [-0.15, -0.1) is 0 Å². The largest absolute Gasteiger partial charge is 0.494 e. The molecule has 1 amide bonds. The number of amides is 1. The molecule has 0 unspecified atom stereocenters. The fraction of sp³-hybridized carbons (Fsp3) is 0.214. The van der Waals surface area contributed by atoms with Crippen LogP contribution < -0.4 is 4.90 Å². The van der Waals surface area contributed by atoms with E-state index in [1.165, 1.54) is 10.6 Å². The molecule has 37 heavy (non-hydrogen) atoms. The molecule has 0 aliphatic rings. The molecule has 2 aromatic heterocycles. The van der Waals surface area contributed by atoms with E-state index in [1.807, 2.05) is 73.5 Å². The van der Waals surface area contributed by atoms with Crippen LogP contribution in [-0.4, -0.2) is 69.4 Å². The van der Waals surface area contributed by atoms with Crippen LogP contribution in [0.1, 0.15) is 28.5 Å². The first kappa shape index (κ1) is 25.4. The Morgan fingerprint density at radius 3 is 2.30 bits per heavy atom. The molecule has 4 rings (SSSR count). The van der Waals surface area contributed by atoms with E-state index >= 15 is 0 Å². The van der Waals surface area contributed by atoms with Crippen molar-refractivity contribution in [1.82, 2.24) is 14.5 Å². The van der Waals surface area contributed by atoms with Crippen molar-refractivity contribution in [3.8, 4) is 5.88 Å². The molecular weight excluding hydrogens is 470 g/mol. The lowest BCUT2D eigenvalue weighted by molar-refractivity contribution is -0.128. The predicted octanol–water partition coefficient (Wildman–Crippen LogP) is 4.06. The number of benzene rings is 2. The van der Waals surface area contributed by atoms with Crippen LogP contribution in [-0.2, 0) is 11.8 Å². The van der Waals surface area contributed by atoms with Crippen molar-refractivity contribution in [2.75, 3.05) is 32.1 Å². The van der Waals surface area contributed by atoms with Gasteiger partial charge in [-0.25, -0.2) is 14.8 Å². The number of likely N-dealkylation sites (N-methyl/N-ethyl adjacent to an activating group) is 2. The minimum Gasteiger partial charge on any atom is -0.494 e. The molecule has 190 valence electrons. The summed E-state index contributed by atoms with van der Waals surface area (Å²) in [6.07, 6.45) is 0. The van der Waals surface area contributed by atoms with Gasteiger partial charge in [0.05, 0.1) is 23.5 Å². The normalized spacial score (nSPS) is 11.5. The van der Waals surface area contributed by atoms with Crippen molar-refractivity contribution in [2.45, 2.75) is 6.92 Å². The number of aromatic hydroxyl groups is 1. The number of aryl methyl sites for hydroxylation is 1. The number of nitrogens with zero attached hydrogens (tertiary/aromatic N) is 5. The van der Waals surface area contributed by atoms with Gasteiger partial charge in [-0.2, -0.15) is 0 Å². The van der Waals surface area contributed by atoms with Crippen LogP contribution >= 0.6 is 0 Å². The van der Waals surface area contributed by atoms with E-state index in [4.69, 9.17) is 4.99 Å². The Labute approximate surface area is 214 Å². The highest BCUT2D eigenvalue weighted by atomic mass is 16.4. The molecule has 9 heteroatoms. The molecule has 4 aromatic rings. The van der Waals surface area contributed by atoms with Gasteiger partial charge in [0.15, 0.2) is 5.69 Å². The molecular formula is C28H29N5O4. The van der Waals surface area contributed by atoms with Gasteiger partial charge in [-0.1, -0.05) is 30.3 Å². The minimum atomic E-state index is -1.14. The molecule has 2 heterocycles. The fourth-order valence-electron chi connectivity index (χ4n) is 4.00. The van der Waals surface area contributed by atoms with Crippen molar-refractivity contribution in [1.29, 1.82) is 0 Å². The highest BCUT2D eigenvalue weighted by Crippen LogP contribution is 2.33. The molecule has 0 atom stereocenters. The van der Waals surface area contributed by atoms with E-state index < -0.39 is 5.97 Å². The quantitative estimate of drug-likeness (QED) is 0.354. The van der Waals surface area contributed by atoms with Crippen LogP contribution in [0.4, 0.5) is 11.4 Å². The number of pyridine rings is 1. The first-order chi connectivity index (χ1) is 17.7. The summed E-state index contributed by atoms with van der Waals surface area (Å²) < 4.78 is 1.46. The number of rotatable bonds is 8. The van der Waals surface area contributed by atoms with Crippen LogP contribution in [0.5, 0.6) is 5.88 Å². The van der Waals surface area contributed by atoms with Crippen molar-refractivity contribution in [3.63, 3.8) is 0 Å². The number of hydrogen-bond acceptors (Lipinski definition) is 6. The Morgan fingerprint density at radius 1 is 1.00 bits per heavy atom. The molecule has 2 N–H and O–H groups in total. The van der Waals surface area contributed by atoms with Gasteiger partial charge in [0.1, 0.15) is 5.65 Å². The molecule has 0 radical (unpaired) electrons. The van der Waals surface area contributed by atoms with Crippen LogP contribution in [0.25, 0.3) is 11.0 Å². The number of carboxylic acid groups (broad SMARTS) is 1. The van der Waals surface area contributed by atoms with Gasteiger partial charge in [-0.3, -0.25) is 9.36 Å². The maximum absolute atomic E-state index is 12.3. The third-order valence-corrected chi connectivity index (χ3v) is 6.31. The number of carbonyl (C=O) groups is 2. The zero-order valence-electron chi connectivity index (χ0n) is 21.2.